The Morgan fingerprint density at radius 3 is 2.22 bits per heavy atom. The largest absolute Gasteiger partial charge is 0.355 e. The molecule has 0 aliphatic heterocycles. The van der Waals surface area contributed by atoms with Gasteiger partial charge in [-0.25, -0.2) is 0 Å². The van der Waals surface area contributed by atoms with Gasteiger partial charge < -0.3 is 9.88 Å². The van der Waals surface area contributed by atoms with E-state index in [1.54, 1.807) is 18.2 Å². The van der Waals surface area contributed by atoms with Gasteiger partial charge in [-0.2, -0.15) is 0 Å². The molecule has 1 aromatic heterocycles. The van der Waals surface area contributed by atoms with Gasteiger partial charge in [0, 0.05) is 13.1 Å². The number of aromatic nitrogens is 2. The van der Waals surface area contributed by atoms with E-state index in [0.29, 0.717) is 30.0 Å². The maximum atomic E-state index is 12.3. The molecule has 0 aliphatic carbocycles. The zero-order valence-corrected chi connectivity index (χ0v) is 13.8. The van der Waals surface area contributed by atoms with Crippen molar-refractivity contribution in [3.05, 3.63) is 45.0 Å². The van der Waals surface area contributed by atoms with Crippen LogP contribution in [0.4, 0.5) is 0 Å². The first kappa shape index (κ1) is 17.0. The Bertz CT molecular complexity index is 818. The summed E-state index contributed by atoms with van der Waals surface area (Å²) in [6.45, 7) is 6.81. The Labute approximate surface area is 134 Å². The van der Waals surface area contributed by atoms with Crippen LogP contribution in [0.3, 0.4) is 0 Å². The van der Waals surface area contributed by atoms with Crippen LogP contribution in [0.15, 0.2) is 33.9 Å². The van der Waals surface area contributed by atoms with Gasteiger partial charge in [-0.15, -0.1) is 0 Å². The first-order valence-electron chi connectivity index (χ1n) is 7.94. The lowest BCUT2D eigenvalue weighted by Gasteiger charge is -2.14. The summed E-state index contributed by atoms with van der Waals surface area (Å²) in [5.41, 5.74) is -0.00159. The van der Waals surface area contributed by atoms with Gasteiger partial charge in [0.1, 0.15) is 6.54 Å². The van der Waals surface area contributed by atoms with Gasteiger partial charge in [-0.3, -0.25) is 19.0 Å². The minimum atomic E-state index is -0.662. The molecule has 0 fully saturated rings. The Balaban J connectivity index is 2.38. The molecule has 124 valence electrons. The summed E-state index contributed by atoms with van der Waals surface area (Å²) in [6.07, 6.45) is 0.874. The number of hydrogen-bond acceptors (Lipinski definition) is 3. The highest BCUT2D eigenvalue weighted by molar-refractivity contribution is 5.80. The van der Waals surface area contributed by atoms with Crippen LogP contribution in [0.1, 0.15) is 27.2 Å². The van der Waals surface area contributed by atoms with Crippen molar-refractivity contribution in [2.75, 3.05) is 6.54 Å². The van der Waals surface area contributed by atoms with Crippen molar-refractivity contribution in [3.63, 3.8) is 0 Å². The van der Waals surface area contributed by atoms with E-state index in [9.17, 15) is 14.4 Å². The van der Waals surface area contributed by atoms with Crippen LogP contribution in [0.5, 0.6) is 0 Å². The third kappa shape index (κ3) is 3.70. The molecule has 1 aromatic carbocycles. The normalized spacial score (nSPS) is 11.1. The molecule has 1 amide bonds. The Hall–Kier alpha value is -2.37. The van der Waals surface area contributed by atoms with Crippen molar-refractivity contribution in [1.82, 2.24) is 14.5 Å². The van der Waals surface area contributed by atoms with Gasteiger partial charge in [0.05, 0.1) is 11.0 Å². The number of carbonyl (C=O) groups is 1. The highest BCUT2D eigenvalue weighted by Gasteiger charge is 2.14. The topological polar surface area (TPSA) is 73.1 Å². The number of hydrogen-bond donors (Lipinski definition) is 1. The molecule has 0 aliphatic rings. The molecule has 0 saturated heterocycles. The first-order chi connectivity index (χ1) is 11.0. The van der Waals surface area contributed by atoms with Crippen LogP contribution >= 0.6 is 0 Å². The van der Waals surface area contributed by atoms with E-state index < -0.39 is 11.1 Å². The Morgan fingerprint density at radius 1 is 1.09 bits per heavy atom. The molecule has 0 bridgehead atoms. The maximum Gasteiger partial charge on any atom is 0.317 e. The number of nitrogens with zero attached hydrogens (tertiary/aromatic N) is 2. The average Bonchev–Trinajstić information content (AvgIpc) is 2.52. The minimum Gasteiger partial charge on any atom is -0.355 e. The molecule has 2 rings (SSSR count). The van der Waals surface area contributed by atoms with Crippen LogP contribution < -0.4 is 16.4 Å². The van der Waals surface area contributed by atoms with Gasteiger partial charge in [0.25, 0.3) is 0 Å². The summed E-state index contributed by atoms with van der Waals surface area (Å²) in [5.74, 6) is 0.235. The number of rotatable bonds is 6. The predicted octanol–water partition coefficient (Wildman–Crippen LogP) is 1.35. The highest BCUT2D eigenvalue weighted by Crippen LogP contribution is 2.10. The number of fused-ring (bicyclic) bond motifs is 1. The fourth-order valence-electron chi connectivity index (χ4n) is 2.54. The second kappa shape index (κ2) is 7.26. The van der Waals surface area contributed by atoms with Gasteiger partial charge in [0.2, 0.25) is 5.91 Å². The minimum absolute atomic E-state index is 0.142. The second-order valence-corrected chi connectivity index (χ2v) is 5.96. The van der Waals surface area contributed by atoms with Crippen LogP contribution in [-0.4, -0.2) is 21.6 Å². The lowest BCUT2D eigenvalue weighted by Crippen LogP contribution is -2.43. The van der Waals surface area contributed by atoms with Crippen molar-refractivity contribution in [3.8, 4) is 0 Å². The molecular formula is C17H23N3O3. The quantitative estimate of drug-likeness (QED) is 0.817. The number of para-hydroxylation sites is 2. The van der Waals surface area contributed by atoms with E-state index in [1.807, 2.05) is 13.0 Å². The lowest BCUT2D eigenvalue weighted by atomic mass is 10.1. The Morgan fingerprint density at radius 2 is 1.65 bits per heavy atom. The van der Waals surface area contributed by atoms with Crippen molar-refractivity contribution in [1.29, 1.82) is 0 Å². The average molecular weight is 317 g/mol. The van der Waals surface area contributed by atoms with Crippen molar-refractivity contribution in [2.24, 2.45) is 5.92 Å². The van der Waals surface area contributed by atoms with Crippen molar-refractivity contribution in [2.45, 2.75) is 40.3 Å². The van der Waals surface area contributed by atoms with Crippen LogP contribution in [-0.2, 0) is 17.9 Å². The molecular weight excluding hydrogens is 294 g/mol. The van der Waals surface area contributed by atoms with Gasteiger partial charge in [-0.1, -0.05) is 26.0 Å². The summed E-state index contributed by atoms with van der Waals surface area (Å²) in [7, 11) is 0. The Kier molecular flexibility index (Phi) is 5.36. The van der Waals surface area contributed by atoms with Crippen molar-refractivity contribution >= 4 is 16.9 Å². The molecule has 0 unspecified atom stereocenters. The highest BCUT2D eigenvalue weighted by atomic mass is 16.2. The van der Waals surface area contributed by atoms with E-state index in [0.717, 1.165) is 6.42 Å². The third-order valence-corrected chi connectivity index (χ3v) is 3.80. The third-order valence-electron chi connectivity index (χ3n) is 3.80. The summed E-state index contributed by atoms with van der Waals surface area (Å²) >= 11 is 0. The maximum absolute atomic E-state index is 12.3. The second-order valence-electron chi connectivity index (χ2n) is 5.96. The summed E-state index contributed by atoms with van der Waals surface area (Å²) in [5, 5.41) is 2.79. The molecule has 6 nitrogen and oxygen atoms in total. The molecule has 1 N–H and O–H groups in total. The van der Waals surface area contributed by atoms with E-state index in [4.69, 9.17) is 0 Å². The first-order valence-corrected chi connectivity index (χ1v) is 7.94. The van der Waals surface area contributed by atoms with Gasteiger partial charge in [-0.05, 0) is 31.4 Å². The smallest absolute Gasteiger partial charge is 0.317 e. The zero-order valence-electron chi connectivity index (χ0n) is 13.8. The van der Waals surface area contributed by atoms with E-state index in [-0.39, 0.29) is 12.5 Å². The molecule has 1 heterocycles. The summed E-state index contributed by atoms with van der Waals surface area (Å²) in [6, 6.07) is 7.14. The molecule has 0 spiro atoms. The fraction of sp³-hybridized carbons (Fsp3) is 0.471. The van der Waals surface area contributed by atoms with E-state index in [1.165, 1.54) is 9.13 Å². The monoisotopic (exact) mass is 317 g/mol. The van der Waals surface area contributed by atoms with Gasteiger partial charge in [0.15, 0.2) is 0 Å². The SMILES string of the molecule is CCn1c(=O)c(=O)n(CC(=O)NCCC(C)C)c2ccccc21. The van der Waals surface area contributed by atoms with Crippen LogP contribution in [0.2, 0.25) is 0 Å². The van der Waals surface area contributed by atoms with Crippen LogP contribution in [0, 0.1) is 5.92 Å². The number of aryl methyl sites for hydroxylation is 1. The van der Waals surface area contributed by atoms with E-state index in [2.05, 4.69) is 19.2 Å². The van der Waals surface area contributed by atoms with Gasteiger partial charge >= 0.3 is 11.1 Å². The number of nitrogens with one attached hydrogen (secondary N) is 1. The number of amides is 1. The zero-order chi connectivity index (χ0) is 17.0. The molecule has 0 saturated carbocycles. The number of benzene rings is 1. The number of carbonyl (C=O) groups excluding carboxylic acids is 1. The molecule has 6 heteroatoms. The lowest BCUT2D eigenvalue weighted by molar-refractivity contribution is -0.121. The standard InChI is InChI=1S/C17H23N3O3/c1-4-19-13-7-5-6-8-14(13)20(17(23)16(19)22)11-15(21)18-10-9-12(2)3/h5-8,12H,4,9-11H2,1-3H3,(H,18,21). The summed E-state index contributed by atoms with van der Waals surface area (Å²) < 4.78 is 2.69. The summed E-state index contributed by atoms with van der Waals surface area (Å²) in [4.78, 5) is 36.6. The molecule has 0 radical (unpaired) electrons. The van der Waals surface area contributed by atoms with Crippen LogP contribution in [0.25, 0.3) is 11.0 Å². The van der Waals surface area contributed by atoms with Crippen molar-refractivity contribution < 1.29 is 4.79 Å². The van der Waals surface area contributed by atoms with E-state index >= 15 is 0 Å². The fourth-order valence-corrected chi connectivity index (χ4v) is 2.54. The predicted molar refractivity (Wildman–Crippen MR) is 90.6 cm³/mol. The molecule has 23 heavy (non-hydrogen) atoms. The molecule has 2 aromatic rings. The molecule has 0 atom stereocenters.